The highest BCUT2D eigenvalue weighted by Crippen LogP contribution is 2.17. The number of anilines is 1. The molecule has 0 aliphatic heterocycles. The number of esters is 1. The lowest BCUT2D eigenvalue weighted by atomic mass is 10.2. The smallest absolute Gasteiger partial charge is 0.305 e. The third-order valence-electron chi connectivity index (χ3n) is 2.26. The number of nitrogens with one attached hydrogen (secondary N) is 1. The van der Waals surface area contributed by atoms with Gasteiger partial charge in [0.2, 0.25) is 15.4 Å². The maximum absolute atomic E-state index is 10.7. The zero-order valence-corrected chi connectivity index (χ0v) is 15.4. The molecular weight excluding hydrogens is 376 g/mol. The van der Waals surface area contributed by atoms with Gasteiger partial charge in [0, 0.05) is 19.8 Å². The minimum Gasteiger partial charge on any atom is -0.481 e. The Kier molecular flexibility index (Phi) is 10.5. The summed E-state index contributed by atoms with van der Waals surface area (Å²) in [7, 11) is -3.82. The first kappa shape index (κ1) is 22.9. The first-order chi connectivity index (χ1) is 11.6. The quantitative estimate of drug-likeness (QED) is 0.317. The summed E-state index contributed by atoms with van der Waals surface area (Å²) >= 11 is 0.701. The minimum atomic E-state index is -3.82. The second kappa shape index (κ2) is 11.4. The summed E-state index contributed by atoms with van der Waals surface area (Å²) in [6, 6.07) is 0. The van der Waals surface area contributed by atoms with E-state index in [4.69, 9.17) is 10.2 Å². The molecule has 1 amide bonds. The summed E-state index contributed by atoms with van der Waals surface area (Å²) in [6.07, 6.45) is 1.57. The van der Waals surface area contributed by atoms with Crippen LogP contribution in [0.4, 0.5) is 5.13 Å². The Morgan fingerprint density at radius 2 is 1.84 bits per heavy atom. The zero-order chi connectivity index (χ0) is 19.5. The van der Waals surface area contributed by atoms with E-state index < -0.39 is 16.0 Å². The van der Waals surface area contributed by atoms with Crippen LogP contribution in [0.3, 0.4) is 0 Å². The number of carboxylic acid groups (broad SMARTS) is 1. The van der Waals surface area contributed by atoms with Crippen molar-refractivity contribution in [2.75, 3.05) is 11.9 Å². The average Bonchev–Trinajstić information content (AvgIpc) is 2.92. The molecule has 0 aromatic carbocycles. The van der Waals surface area contributed by atoms with Gasteiger partial charge in [0.15, 0.2) is 0 Å². The van der Waals surface area contributed by atoms with Crippen molar-refractivity contribution in [3.63, 3.8) is 0 Å². The lowest BCUT2D eigenvalue weighted by molar-refractivity contribution is -0.143. The number of amides is 1. The fourth-order valence-electron chi connectivity index (χ4n) is 1.30. The Hall–Kier alpha value is -2.12. The normalized spacial score (nSPS) is 10.4. The van der Waals surface area contributed by atoms with Gasteiger partial charge in [-0.15, -0.1) is 10.2 Å². The number of carboxylic acids is 1. The number of hydrogen-bond donors (Lipinski definition) is 3. The summed E-state index contributed by atoms with van der Waals surface area (Å²) in [5.41, 5.74) is 0. The second-order valence-electron chi connectivity index (χ2n) is 4.51. The Bertz CT molecular complexity index is 687. The molecule has 0 radical (unpaired) electrons. The van der Waals surface area contributed by atoms with Crippen LogP contribution in [0.2, 0.25) is 0 Å². The Balaban J connectivity index is 0.000000463. The number of unbranched alkanes of at least 4 members (excludes halogenated alkanes) is 1. The van der Waals surface area contributed by atoms with E-state index >= 15 is 0 Å². The van der Waals surface area contributed by atoms with Crippen LogP contribution in [0, 0.1) is 0 Å². The molecule has 25 heavy (non-hydrogen) atoms. The number of nitrogens with two attached hydrogens (primary N) is 1. The van der Waals surface area contributed by atoms with Gasteiger partial charge in [-0.25, -0.2) is 13.6 Å². The fraction of sp³-hybridized carbons (Fsp3) is 0.583. The Labute approximate surface area is 148 Å². The van der Waals surface area contributed by atoms with E-state index in [0.29, 0.717) is 37.2 Å². The molecule has 1 aromatic heterocycles. The second-order valence-corrected chi connectivity index (χ2v) is 7.22. The van der Waals surface area contributed by atoms with Gasteiger partial charge in [0.05, 0.1) is 6.61 Å². The minimum absolute atomic E-state index is 0.108. The maximum atomic E-state index is 10.7. The summed E-state index contributed by atoms with van der Waals surface area (Å²) < 4.78 is 25.7. The number of carbonyl (C=O) groups excluding carboxylic acids is 2. The van der Waals surface area contributed by atoms with Crippen LogP contribution in [-0.4, -0.2) is 48.2 Å². The molecule has 0 unspecified atom stereocenters. The zero-order valence-electron chi connectivity index (χ0n) is 13.7. The van der Waals surface area contributed by atoms with Gasteiger partial charge in [-0.05, 0) is 19.8 Å². The SMILES string of the molecule is CC(=O)Nc1nnc(S(N)(=O)=O)s1.CCOC(=O)CCCCC(=O)O. The molecule has 1 rings (SSSR count). The number of sulfonamides is 1. The molecule has 0 atom stereocenters. The van der Waals surface area contributed by atoms with Crippen molar-refractivity contribution < 1.29 is 32.6 Å². The number of carbonyl (C=O) groups is 3. The molecule has 4 N–H and O–H groups in total. The molecule has 142 valence electrons. The lowest BCUT2D eigenvalue weighted by Gasteiger charge is -1.99. The van der Waals surface area contributed by atoms with Crippen molar-refractivity contribution in [3.05, 3.63) is 0 Å². The van der Waals surface area contributed by atoms with Crippen molar-refractivity contribution in [1.82, 2.24) is 10.2 Å². The van der Waals surface area contributed by atoms with Crippen LogP contribution in [0.1, 0.15) is 39.5 Å². The molecular formula is C12H20N4O7S2. The first-order valence-electron chi connectivity index (χ1n) is 7.07. The van der Waals surface area contributed by atoms with Crippen LogP contribution in [-0.2, 0) is 29.1 Å². The van der Waals surface area contributed by atoms with E-state index in [-0.39, 0.29) is 27.8 Å². The fourth-order valence-corrected chi connectivity index (χ4v) is 2.68. The largest absolute Gasteiger partial charge is 0.481 e. The molecule has 0 spiro atoms. The summed E-state index contributed by atoms with van der Waals surface area (Å²) in [6.45, 7) is 3.41. The predicted molar refractivity (Wildman–Crippen MR) is 88.3 cm³/mol. The Morgan fingerprint density at radius 3 is 2.28 bits per heavy atom. The molecule has 1 aromatic rings. The number of aliphatic carboxylic acids is 1. The van der Waals surface area contributed by atoms with E-state index in [9.17, 15) is 22.8 Å². The van der Waals surface area contributed by atoms with Crippen LogP contribution in [0.15, 0.2) is 4.34 Å². The maximum Gasteiger partial charge on any atom is 0.305 e. The van der Waals surface area contributed by atoms with Crippen LogP contribution in [0.25, 0.3) is 0 Å². The van der Waals surface area contributed by atoms with Crippen LogP contribution >= 0.6 is 11.3 Å². The van der Waals surface area contributed by atoms with Gasteiger partial charge in [-0.2, -0.15) is 0 Å². The van der Waals surface area contributed by atoms with Crippen molar-refractivity contribution in [2.24, 2.45) is 5.14 Å². The highest BCUT2D eigenvalue weighted by atomic mass is 32.2. The topological polar surface area (TPSA) is 179 Å². The van der Waals surface area contributed by atoms with Crippen molar-refractivity contribution in [3.8, 4) is 0 Å². The van der Waals surface area contributed by atoms with Crippen LogP contribution < -0.4 is 10.5 Å². The molecule has 0 saturated heterocycles. The van der Waals surface area contributed by atoms with Crippen LogP contribution in [0.5, 0.6) is 0 Å². The first-order valence-corrected chi connectivity index (χ1v) is 9.43. The van der Waals surface area contributed by atoms with Gasteiger partial charge in [-0.3, -0.25) is 14.4 Å². The van der Waals surface area contributed by atoms with E-state index in [0.717, 1.165) is 0 Å². The summed E-state index contributed by atoms with van der Waals surface area (Å²) in [4.78, 5) is 31.3. The number of rotatable bonds is 8. The van der Waals surface area contributed by atoms with E-state index in [1.165, 1.54) is 6.92 Å². The van der Waals surface area contributed by atoms with Gasteiger partial charge >= 0.3 is 11.9 Å². The van der Waals surface area contributed by atoms with E-state index in [2.05, 4.69) is 20.3 Å². The number of hydrogen-bond acceptors (Lipinski definition) is 9. The molecule has 11 nitrogen and oxygen atoms in total. The summed E-state index contributed by atoms with van der Waals surface area (Å²) in [5.74, 6) is -1.42. The van der Waals surface area contributed by atoms with E-state index in [1.54, 1.807) is 6.92 Å². The van der Waals surface area contributed by atoms with Gasteiger partial charge in [-0.1, -0.05) is 11.3 Å². The predicted octanol–water partition coefficient (Wildman–Crippen LogP) is 0.338. The van der Waals surface area contributed by atoms with Gasteiger partial charge in [0.1, 0.15) is 0 Å². The van der Waals surface area contributed by atoms with Crippen molar-refractivity contribution in [1.29, 1.82) is 0 Å². The molecule has 0 saturated carbocycles. The molecule has 0 bridgehead atoms. The number of aromatic nitrogens is 2. The number of ether oxygens (including phenoxy) is 1. The Morgan fingerprint density at radius 1 is 1.24 bits per heavy atom. The van der Waals surface area contributed by atoms with Gasteiger partial charge < -0.3 is 15.2 Å². The molecule has 13 heteroatoms. The molecule has 0 aliphatic carbocycles. The van der Waals surface area contributed by atoms with Crippen molar-refractivity contribution >= 4 is 44.3 Å². The van der Waals surface area contributed by atoms with Crippen molar-refractivity contribution in [2.45, 2.75) is 43.9 Å². The van der Waals surface area contributed by atoms with E-state index in [1.807, 2.05) is 0 Å². The molecule has 1 heterocycles. The third kappa shape index (κ3) is 12.0. The van der Waals surface area contributed by atoms with Gasteiger partial charge in [0.25, 0.3) is 10.0 Å². The highest BCUT2D eigenvalue weighted by Gasteiger charge is 2.15. The highest BCUT2D eigenvalue weighted by molar-refractivity contribution is 7.91. The monoisotopic (exact) mass is 396 g/mol. The molecule has 0 aliphatic rings. The molecule has 0 fully saturated rings. The number of nitrogens with zero attached hydrogens (tertiary/aromatic N) is 2. The standard InChI is InChI=1S/C8H14O4.C4H6N4O3S2/c1-2-12-8(11)6-4-3-5-7(9)10;1-2(9)6-3-7-8-4(12-3)13(5,10)11/h2-6H2,1H3,(H,9,10);1H3,(H2,5,10,11)(H,6,7,9). The lowest BCUT2D eigenvalue weighted by Crippen LogP contribution is -2.11. The average molecular weight is 396 g/mol. The third-order valence-corrected chi connectivity index (χ3v) is 4.41. The summed E-state index contributed by atoms with van der Waals surface area (Å²) in [5, 5.41) is 22.1. The number of primary sulfonamides is 1.